The largest absolute Gasteiger partial charge is 0.383 e. The van der Waals surface area contributed by atoms with Crippen molar-refractivity contribution in [3.63, 3.8) is 0 Å². The fourth-order valence-electron chi connectivity index (χ4n) is 2.27. The van der Waals surface area contributed by atoms with Gasteiger partial charge in [0.25, 0.3) is 0 Å². The van der Waals surface area contributed by atoms with Crippen LogP contribution in [-0.2, 0) is 4.74 Å². The Labute approximate surface area is 110 Å². The molecule has 0 aromatic rings. The van der Waals surface area contributed by atoms with Crippen molar-refractivity contribution in [1.29, 1.82) is 0 Å². The van der Waals surface area contributed by atoms with Crippen LogP contribution in [0, 0.1) is 0 Å². The highest BCUT2D eigenvalue weighted by atomic mass is 16.5. The smallest absolute Gasteiger partial charge is 0.205 e. The van der Waals surface area contributed by atoms with Gasteiger partial charge in [-0.3, -0.25) is 10.4 Å². The summed E-state index contributed by atoms with van der Waals surface area (Å²) < 4.78 is 4.95. The van der Waals surface area contributed by atoms with E-state index in [0.717, 1.165) is 19.1 Å². The van der Waals surface area contributed by atoms with Gasteiger partial charge in [0.2, 0.25) is 5.96 Å². The number of nitrogens with zero attached hydrogens (tertiary/aromatic N) is 2. The van der Waals surface area contributed by atoms with E-state index in [9.17, 15) is 0 Å². The van der Waals surface area contributed by atoms with Gasteiger partial charge < -0.3 is 15.0 Å². The number of guanidine groups is 1. The quantitative estimate of drug-likeness (QED) is 0.195. The highest BCUT2D eigenvalue weighted by Crippen LogP contribution is 2.21. The van der Waals surface area contributed by atoms with E-state index in [0.29, 0.717) is 19.1 Å². The van der Waals surface area contributed by atoms with Crippen molar-refractivity contribution in [2.75, 3.05) is 40.4 Å². The van der Waals surface area contributed by atoms with Crippen LogP contribution >= 0.6 is 0 Å². The van der Waals surface area contributed by atoms with Crippen LogP contribution in [-0.4, -0.2) is 57.3 Å². The maximum atomic E-state index is 5.40. The third kappa shape index (κ3) is 5.66. The molecule has 1 saturated carbocycles. The second kappa shape index (κ2) is 9.13. The van der Waals surface area contributed by atoms with E-state index < -0.39 is 0 Å². The summed E-state index contributed by atoms with van der Waals surface area (Å²) >= 11 is 0. The van der Waals surface area contributed by atoms with E-state index in [1.807, 2.05) is 0 Å². The standard InChI is InChI=1S/C12H27N5O/c1-17(11-5-3-4-6-11)9-7-14-12(16-13)15-8-10-18-2/h11H,3-10,13H2,1-2H3,(H2,14,15,16). The average Bonchev–Trinajstić information content (AvgIpc) is 2.91. The first kappa shape index (κ1) is 15.2. The molecule has 0 unspecified atom stereocenters. The van der Waals surface area contributed by atoms with Crippen molar-refractivity contribution < 1.29 is 4.74 Å². The van der Waals surface area contributed by atoms with Gasteiger partial charge in [0.15, 0.2) is 0 Å². The summed E-state index contributed by atoms with van der Waals surface area (Å²) in [4.78, 5) is 6.80. The molecular weight excluding hydrogens is 230 g/mol. The van der Waals surface area contributed by atoms with Crippen LogP contribution in [0.25, 0.3) is 0 Å². The lowest BCUT2D eigenvalue weighted by Gasteiger charge is -2.23. The van der Waals surface area contributed by atoms with Gasteiger partial charge in [0.1, 0.15) is 0 Å². The third-order valence-electron chi connectivity index (χ3n) is 3.41. The number of methoxy groups -OCH3 is 1. The molecule has 0 radical (unpaired) electrons. The summed E-state index contributed by atoms with van der Waals surface area (Å²) in [6.07, 6.45) is 5.39. The summed E-state index contributed by atoms with van der Waals surface area (Å²) in [7, 11) is 3.85. The van der Waals surface area contributed by atoms with Crippen molar-refractivity contribution in [1.82, 2.24) is 15.6 Å². The van der Waals surface area contributed by atoms with Crippen molar-refractivity contribution in [2.45, 2.75) is 31.7 Å². The Morgan fingerprint density at radius 1 is 1.44 bits per heavy atom. The highest BCUT2D eigenvalue weighted by Gasteiger charge is 2.18. The zero-order valence-electron chi connectivity index (χ0n) is 11.6. The fraction of sp³-hybridized carbons (Fsp3) is 0.917. The van der Waals surface area contributed by atoms with Gasteiger partial charge in [0.05, 0.1) is 13.2 Å². The Balaban J connectivity index is 2.19. The van der Waals surface area contributed by atoms with Gasteiger partial charge in [-0.15, -0.1) is 0 Å². The molecule has 0 saturated heterocycles. The second-order valence-corrected chi connectivity index (χ2v) is 4.71. The van der Waals surface area contributed by atoms with Gasteiger partial charge in [-0.2, -0.15) is 0 Å². The van der Waals surface area contributed by atoms with E-state index in [1.54, 1.807) is 7.11 Å². The number of aliphatic imine (C=N–C) groups is 1. The minimum absolute atomic E-state index is 0.631. The molecular formula is C12H27N5O. The van der Waals surface area contributed by atoms with Crippen LogP contribution < -0.4 is 16.6 Å². The van der Waals surface area contributed by atoms with Gasteiger partial charge in [-0.05, 0) is 19.9 Å². The van der Waals surface area contributed by atoms with Gasteiger partial charge in [-0.25, -0.2) is 5.84 Å². The molecule has 0 bridgehead atoms. The number of hydrogen-bond acceptors (Lipinski definition) is 4. The van der Waals surface area contributed by atoms with Crippen LogP contribution in [0.5, 0.6) is 0 Å². The number of ether oxygens (including phenoxy) is 1. The molecule has 1 aliphatic rings. The van der Waals surface area contributed by atoms with Crippen LogP contribution in [0.15, 0.2) is 4.99 Å². The lowest BCUT2D eigenvalue weighted by molar-refractivity contribution is 0.203. The number of nitrogens with two attached hydrogens (primary N) is 1. The molecule has 0 atom stereocenters. The lowest BCUT2D eigenvalue weighted by Crippen LogP contribution is -2.43. The summed E-state index contributed by atoms with van der Waals surface area (Å²) in [5.41, 5.74) is 2.57. The van der Waals surface area contributed by atoms with E-state index in [-0.39, 0.29) is 0 Å². The number of nitrogens with one attached hydrogen (secondary N) is 2. The number of hydrazine groups is 1. The average molecular weight is 257 g/mol. The number of rotatable bonds is 7. The third-order valence-corrected chi connectivity index (χ3v) is 3.41. The van der Waals surface area contributed by atoms with Crippen molar-refractivity contribution >= 4 is 5.96 Å². The maximum absolute atomic E-state index is 5.40. The molecule has 18 heavy (non-hydrogen) atoms. The molecule has 4 N–H and O–H groups in total. The first-order chi connectivity index (χ1) is 8.77. The molecule has 0 spiro atoms. The topological polar surface area (TPSA) is 74.9 Å². The first-order valence-electron chi connectivity index (χ1n) is 6.72. The van der Waals surface area contributed by atoms with Gasteiger partial charge in [0, 0.05) is 26.2 Å². The fourth-order valence-corrected chi connectivity index (χ4v) is 2.27. The van der Waals surface area contributed by atoms with E-state index in [4.69, 9.17) is 10.6 Å². The minimum atomic E-state index is 0.631. The van der Waals surface area contributed by atoms with Crippen LogP contribution in [0.2, 0.25) is 0 Å². The summed E-state index contributed by atoms with van der Waals surface area (Å²) in [6, 6.07) is 0.746. The zero-order valence-corrected chi connectivity index (χ0v) is 11.6. The predicted molar refractivity (Wildman–Crippen MR) is 74.4 cm³/mol. The number of likely N-dealkylation sites (N-methyl/N-ethyl adjacent to an activating group) is 1. The first-order valence-corrected chi connectivity index (χ1v) is 6.72. The molecule has 1 fully saturated rings. The Hall–Kier alpha value is -0.850. The normalized spacial score (nSPS) is 17.4. The van der Waals surface area contributed by atoms with Crippen molar-refractivity contribution in [3.05, 3.63) is 0 Å². The highest BCUT2D eigenvalue weighted by molar-refractivity contribution is 5.79. The van der Waals surface area contributed by atoms with Gasteiger partial charge in [-0.1, -0.05) is 12.8 Å². The summed E-state index contributed by atoms with van der Waals surface area (Å²) in [5, 5.41) is 3.08. The van der Waals surface area contributed by atoms with Crippen molar-refractivity contribution in [2.24, 2.45) is 10.8 Å². The molecule has 6 heteroatoms. The minimum Gasteiger partial charge on any atom is -0.383 e. The molecule has 0 aromatic carbocycles. The summed E-state index contributed by atoms with van der Waals surface area (Å²) in [5.74, 6) is 6.03. The maximum Gasteiger partial charge on any atom is 0.205 e. The molecule has 106 valence electrons. The molecule has 0 heterocycles. The molecule has 1 aliphatic carbocycles. The van der Waals surface area contributed by atoms with E-state index in [2.05, 4.69) is 27.7 Å². The Morgan fingerprint density at radius 2 is 2.17 bits per heavy atom. The molecule has 1 rings (SSSR count). The summed E-state index contributed by atoms with van der Waals surface area (Å²) in [6.45, 7) is 3.08. The molecule has 0 aromatic heterocycles. The predicted octanol–water partition coefficient (Wildman–Crippen LogP) is -0.0839. The SMILES string of the molecule is COCCNC(=NCCN(C)C1CCCC1)NN. The zero-order chi connectivity index (χ0) is 13.2. The second-order valence-electron chi connectivity index (χ2n) is 4.71. The lowest BCUT2D eigenvalue weighted by atomic mass is 10.2. The Kier molecular flexibility index (Phi) is 7.71. The number of hydrogen-bond donors (Lipinski definition) is 3. The molecule has 0 aliphatic heterocycles. The van der Waals surface area contributed by atoms with Crippen LogP contribution in [0.1, 0.15) is 25.7 Å². The van der Waals surface area contributed by atoms with Crippen molar-refractivity contribution in [3.8, 4) is 0 Å². The van der Waals surface area contributed by atoms with Gasteiger partial charge >= 0.3 is 0 Å². The molecule has 0 amide bonds. The van der Waals surface area contributed by atoms with E-state index in [1.165, 1.54) is 25.7 Å². The monoisotopic (exact) mass is 257 g/mol. The Bertz CT molecular complexity index is 241. The van der Waals surface area contributed by atoms with Crippen LogP contribution in [0.4, 0.5) is 0 Å². The van der Waals surface area contributed by atoms with E-state index >= 15 is 0 Å². The molecule has 6 nitrogen and oxygen atoms in total. The Morgan fingerprint density at radius 3 is 2.78 bits per heavy atom. The van der Waals surface area contributed by atoms with Crippen LogP contribution in [0.3, 0.4) is 0 Å².